The number of nitrogens with one attached hydrogen (secondary N) is 2. The third-order valence-electron chi connectivity index (χ3n) is 8.53. The smallest absolute Gasteiger partial charge is 0.282 e. The first-order chi connectivity index (χ1) is 21.0. The Kier molecular flexibility index (Phi) is 8.23. The molecule has 2 aromatic rings. The van der Waals surface area contributed by atoms with Crippen LogP contribution in [-0.4, -0.2) is 90.4 Å². The molecule has 2 N–H and O–H groups in total. The van der Waals surface area contributed by atoms with Crippen LogP contribution in [0.2, 0.25) is 0 Å². The van der Waals surface area contributed by atoms with Gasteiger partial charge in [0.05, 0.1) is 24.8 Å². The number of benzene rings is 1. The van der Waals surface area contributed by atoms with Crippen molar-refractivity contribution in [2.24, 2.45) is 5.92 Å². The van der Waals surface area contributed by atoms with Crippen molar-refractivity contribution in [2.75, 3.05) is 45.2 Å². The van der Waals surface area contributed by atoms with Gasteiger partial charge in [0.1, 0.15) is 17.2 Å². The number of carbonyl (C=O) groups excluding carboxylic acids is 3. The summed E-state index contributed by atoms with van der Waals surface area (Å²) in [6, 6.07) is 7.15. The number of hydrogen-bond donors (Lipinski definition) is 2. The van der Waals surface area contributed by atoms with Crippen LogP contribution in [0.3, 0.4) is 0 Å². The molecule has 1 unspecified atom stereocenters. The SMILES string of the molecule is CO[C@@H](C)CNCC1C=C(C(=O)Nc2cc(-c3ccc(F)cc3C(=O)N3CC(F)(F)C3)cc(C3CC3)n2)C(=O)N(C2CC2)C1. The Bertz CT molecular complexity index is 1500. The van der Waals surface area contributed by atoms with E-state index < -0.39 is 36.6 Å². The van der Waals surface area contributed by atoms with Gasteiger partial charge in [0.25, 0.3) is 23.6 Å². The molecule has 2 aliphatic heterocycles. The van der Waals surface area contributed by atoms with E-state index in [4.69, 9.17) is 4.74 Å². The van der Waals surface area contributed by atoms with Gasteiger partial charge in [-0.3, -0.25) is 14.4 Å². The Hall–Kier alpha value is -3.77. The van der Waals surface area contributed by atoms with Gasteiger partial charge in [-0.2, -0.15) is 0 Å². The zero-order valence-corrected chi connectivity index (χ0v) is 24.7. The quantitative estimate of drug-likeness (QED) is 0.373. The number of alkyl halides is 2. The molecule has 3 fully saturated rings. The number of hydrogen-bond acceptors (Lipinski definition) is 6. The monoisotopic (exact) mass is 611 g/mol. The first kappa shape index (κ1) is 30.3. The van der Waals surface area contributed by atoms with Gasteiger partial charge in [-0.25, -0.2) is 18.2 Å². The predicted molar refractivity (Wildman–Crippen MR) is 157 cm³/mol. The van der Waals surface area contributed by atoms with Gasteiger partial charge in [0.15, 0.2) is 0 Å². The number of nitrogens with zero attached hydrogens (tertiary/aromatic N) is 3. The average Bonchev–Trinajstić information content (AvgIpc) is 3.89. The Labute approximate surface area is 253 Å². The van der Waals surface area contributed by atoms with E-state index in [0.29, 0.717) is 36.5 Å². The number of pyridine rings is 1. The molecule has 1 saturated heterocycles. The Morgan fingerprint density at radius 2 is 1.89 bits per heavy atom. The molecule has 2 atom stereocenters. The summed E-state index contributed by atoms with van der Waals surface area (Å²) in [5.74, 6) is -4.95. The minimum atomic E-state index is -2.96. The topological polar surface area (TPSA) is 104 Å². The second kappa shape index (κ2) is 12.0. The number of methoxy groups -OCH3 is 1. The molecule has 0 radical (unpaired) electrons. The molecule has 1 aromatic carbocycles. The third kappa shape index (κ3) is 6.66. The highest BCUT2D eigenvalue weighted by Crippen LogP contribution is 2.42. The van der Waals surface area contributed by atoms with Gasteiger partial charge in [-0.05, 0) is 68.0 Å². The van der Waals surface area contributed by atoms with Gasteiger partial charge in [0.2, 0.25) is 0 Å². The molecule has 2 saturated carbocycles. The van der Waals surface area contributed by atoms with E-state index >= 15 is 0 Å². The Balaban J connectivity index is 1.27. The molecule has 9 nitrogen and oxygen atoms in total. The van der Waals surface area contributed by atoms with Crippen molar-refractivity contribution in [2.45, 2.75) is 56.6 Å². The first-order valence-electron chi connectivity index (χ1n) is 15.1. The molecule has 0 bridgehead atoms. The molecule has 3 heterocycles. The van der Waals surface area contributed by atoms with E-state index in [1.807, 2.05) is 6.92 Å². The number of amides is 3. The molecule has 6 rings (SSSR count). The minimum absolute atomic E-state index is 0.0225. The molecule has 4 aliphatic rings. The normalized spacial score (nSPS) is 21.9. The van der Waals surface area contributed by atoms with E-state index in [-0.39, 0.29) is 46.8 Å². The van der Waals surface area contributed by atoms with E-state index in [1.54, 1.807) is 30.2 Å². The number of anilines is 1. The van der Waals surface area contributed by atoms with Gasteiger partial charge in [-0.1, -0.05) is 12.1 Å². The summed E-state index contributed by atoms with van der Waals surface area (Å²) in [5, 5.41) is 6.15. The van der Waals surface area contributed by atoms with Crippen LogP contribution in [0.15, 0.2) is 42.0 Å². The van der Waals surface area contributed by atoms with Crippen LogP contribution in [0.5, 0.6) is 0 Å². The van der Waals surface area contributed by atoms with Crippen LogP contribution in [0.4, 0.5) is 19.0 Å². The van der Waals surface area contributed by atoms with Crippen molar-refractivity contribution in [1.82, 2.24) is 20.1 Å². The van der Waals surface area contributed by atoms with Gasteiger partial charge in [-0.15, -0.1) is 0 Å². The highest BCUT2D eigenvalue weighted by atomic mass is 19.3. The summed E-state index contributed by atoms with van der Waals surface area (Å²) in [6.45, 7) is 2.23. The minimum Gasteiger partial charge on any atom is -0.380 e. The van der Waals surface area contributed by atoms with Crippen LogP contribution >= 0.6 is 0 Å². The van der Waals surface area contributed by atoms with Crippen LogP contribution in [0.25, 0.3) is 11.1 Å². The summed E-state index contributed by atoms with van der Waals surface area (Å²) < 4.78 is 46.6. The van der Waals surface area contributed by atoms with Crippen LogP contribution < -0.4 is 10.6 Å². The summed E-state index contributed by atoms with van der Waals surface area (Å²) in [6.07, 6.45) is 5.35. The standard InChI is InChI=1S/C32H36F3N5O4/c1-18(44-2)13-36-14-19-9-26(31(43)40(15-19)23-6-7-23)29(41)38-28-11-21(10-27(37-28)20-3-4-20)24-8-5-22(33)12-25(24)30(42)39-16-32(34,35)17-39/h5,8-12,18-20,23,36H,3-4,6-7,13-17H2,1-2H3,(H,37,38,41)/t18-,19?/m0/s1. The fourth-order valence-electron chi connectivity index (χ4n) is 5.72. The van der Waals surface area contributed by atoms with Crippen molar-refractivity contribution >= 4 is 23.5 Å². The lowest BCUT2D eigenvalue weighted by Gasteiger charge is -2.39. The van der Waals surface area contributed by atoms with Crippen molar-refractivity contribution in [3.63, 3.8) is 0 Å². The van der Waals surface area contributed by atoms with Crippen molar-refractivity contribution in [3.8, 4) is 11.1 Å². The first-order valence-corrected chi connectivity index (χ1v) is 15.1. The number of aromatic nitrogens is 1. The van der Waals surface area contributed by atoms with E-state index in [0.717, 1.165) is 36.6 Å². The highest BCUT2D eigenvalue weighted by molar-refractivity contribution is 6.23. The summed E-state index contributed by atoms with van der Waals surface area (Å²) >= 11 is 0. The summed E-state index contributed by atoms with van der Waals surface area (Å²) in [7, 11) is 1.64. The zero-order valence-electron chi connectivity index (χ0n) is 24.7. The number of halogens is 3. The van der Waals surface area contributed by atoms with Gasteiger partial charge >= 0.3 is 0 Å². The predicted octanol–water partition coefficient (Wildman–Crippen LogP) is 3.97. The molecule has 44 heavy (non-hydrogen) atoms. The molecule has 2 aliphatic carbocycles. The summed E-state index contributed by atoms with van der Waals surface area (Å²) in [5.41, 5.74) is 1.52. The molecule has 234 valence electrons. The Morgan fingerprint density at radius 3 is 2.55 bits per heavy atom. The van der Waals surface area contributed by atoms with E-state index in [9.17, 15) is 27.6 Å². The lowest BCUT2D eigenvalue weighted by molar-refractivity contribution is -0.131. The van der Waals surface area contributed by atoms with Crippen LogP contribution in [-0.2, 0) is 14.3 Å². The maximum absolute atomic E-state index is 14.3. The lowest BCUT2D eigenvalue weighted by Crippen LogP contribution is -2.58. The second-order valence-electron chi connectivity index (χ2n) is 12.3. The molecule has 12 heteroatoms. The fraction of sp³-hybridized carbons (Fsp3) is 0.500. The molecular weight excluding hydrogens is 575 g/mol. The van der Waals surface area contributed by atoms with Gasteiger partial charge in [0, 0.05) is 50.3 Å². The highest BCUT2D eigenvalue weighted by Gasteiger charge is 2.47. The third-order valence-corrected chi connectivity index (χ3v) is 8.53. The maximum atomic E-state index is 14.3. The zero-order chi connectivity index (χ0) is 31.2. The van der Waals surface area contributed by atoms with Gasteiger partial charge < -0.3 is 25.2 Å². The van der Waals surface area contributed by atoms with E-state index in [1.165, 1.54) is 12.1 Å². The molecular formula is C32H36F3N5O4. The maximum Gasteiger partial charge on any atom is 0.282 e. The Morgan fingerprint density at radius 1 is 1.14 bits per heavy atom. The molecule has 0 spiro atoms. The average molecular weight is 612 g/mol. The largest absolute Gasteiger partial charge is 0.380 e. The summed E-state index contributed by atoms with van der Waals surface area (Å²) in [4.78, 5) is 47.5. The van der Waals surface area contributed by atoms with Crippen molar-refractivity contribution in [3.05, 3.63) is 59.1 Å². The number of carbonyl (C=O) groups is 3. The number of likely N-dealkylation sites (tertiary alicyclic amines) is 1. The fourth-order valence-corrected chi connectivity index (χ4v) is 5.72. The van der Waals surface area contributed by atoms with Crippen molar-refractivity contribution < 1.29 is 32.3 Å². The second-order valence-corrected chi connectivity index (χ2v) is 12.3. The molecule has 1 aromatic heterocycles. The number of ether oxygens (including phenoxy) is 1. The lowest BCUT2D eigenvalue weighted by atomic mass is 9.96. The number of rotatable bonds is 11. The van der Waals surface area contributed by atoms with Crippen LogP contribution in [0, 0.1) is 11.7 Å². The van der Waals surface area contributed by atoms with E-state index in [2.05, 4.69) is 15.6 Å². The van der Waals surface area contributed by atoms with Crippen molar-refractivity contribution in [1.29, 1.82) is 0 Å². The van der Waals surface area contributed by atoms with Crippen LogP contribution in [0.1, 0.15) is 54.6 Å². The molecule has 3 amide bonds.